The lowest BCUT2D eigenvalue weighted by molar-refractivity contribution is 1.14. The van der Waals surface area contributed by atoms with Crippen LogP contribution in [0, 0.1) is 6.92 Å². The molecule has 1 rings (SSSR count). The minimum Gasteiger partial charge on any atom is -0.327 e. The van der Waals surface area contributed by atoms with Gasteiger partial charge >= 0.3 is 0 Å². The molecule has 1 heterocycles. The van der Waals surface area contributed by atoms with E-state index in [2.05, 4.69) is 11.6 Å². The molecule has 0 bridgehead atoms. The summed E-state index contributed by atoms with van der Waals surface area (Å²) in [5.41, 5.74) is 7.56. The molecule has 2 nitrogen and oxygen atoms in total. The van der Waals surface area contributed by atoms with E-state index < -0.39 is 0 Å². The van der Waals surface area contributed by atoms with Crippen LogP contribution in [-0.2, 0) is 0 Å². The Morgan fingerprint density at radius 3 is 3.08 bits per heavy atom. The fourth-order valence-electron chi connectivity index (χ4n) is 0.621. The van der Waals surface area contributed by atoms with Crippen LogP contribution in [0.5, 0.6) is 0 Å². The van der Waals surface area contributed by atoms with E-state index in [1.807, 2.05) is 12.3 Å². The van der Waals surface area contributed by atoms with Crippen LogP contribution < -0.4 is 5.73 Å². The highest BCUT2D eigenvalue weighted by molar-refractivity contribution is 8.01. The van der Waals surface area contributed by atoms with E-state index in [0.29, 0.717) is 6.54 Å². The molecule has 0 spiro atoms. The molecular formula is C8H12N2S2. The first-order valence-corrected chi connectivity index (χ1v) is 5.50. The lowest BCUT2D eigenvalue weighted by Crippen LogP contribution is -2.03. The summed E-state index contributed by atoms with van der Waals surface area (Å²) in [6.45, 7) is 6.39. The predicted octanol–water partition coefficient (Wildman–Crippen LogP) is 2.06. The molecule has 0 amide bonds. The molecule has 0 saturated heterocycles. The summed E-state index contributed by atoms with van der Waals surface area (Å²) >= 11 is 3.37. The Morgan fingerprint density at radius 1 is 1.83 bits per heavy atom. The van der Waals surface area contributed by atoms with Gasteiger partial charge in [-0.15, -0.1) is 11.3 Å². The van der Waals surface area contributed by atoms with Gasteiger partial charge in [-0.1, -0.05) is 23.9 Å². The Labute approximate surface area is 80.9 Å². The smallest absolute Gasteiger partial charge is 0.150 e. The van der Waals surface area contributed by atoms with E-state index in [1.54, 1.807) is 23.1 Å². The fraction of sp³-hybridized carbons (Fsp3) is 0.375. The molecule has 12 heavy (non-hydrogen) atoms. The number of thioether (sulfide) groups is 1. The van der Waals surface area contributed by atoms with Crippen molar-refractivity contribution in [2.24, 2.45) is 5.73 Å². The van der Waals surface area contributed by atoms with Crippen LogP contribution in [0.3, 0.4) is 0 Å². The summed E-state index contributed by atoms with van der Waals surface area (Å²) in [4.78, 5) is 4.32. The number of hydrogen-bond donors (Lipinski definition) is 1. The average Bonchev–Trinajstić information content (AvgIpc) is 2.47. The maximum atomic E-state index is 5.41. The quantitative estimate of drug-likeness (QED) is 0.597. The Bertz CT molecular complexity index is 268. The first kappa shape index (κ1) is 9.77. The molecule has 0 fully saturated rings. The second-order valence-electron chi connectivity index (χ2n) is 2.50. The second kappa shape index (κ2) is 4.64. The van der Waals surface area contributed by atoms with Gasteiger partial charge in [0, 0.05) is 23.4 Å². The highest BCUT2D eigenvalue weighted by Gasteiger charge is 1.99. The van der Waals surface area contributed by atoms with E-state index >= 15 is 0 Å². The number of hydrogen-bond acceptors (Lipinski definition) is 4. The van der Waals surface area contributed by atoms with Crippen molar-refractivity contribution < 1.29 is 0 Å². The zero-order valence-electron chi connectivity index (χ0n) is 7.04. The van der Waals surface area contributed by atoms with Crippen molar-refractivity contribution in [1.29, 1.82) is 0 Å². The molecule has 1 aromatic heterocycles. The molecule has 2 N–H and O–H groups in total. The summed E-state index contributed by atoms with van der Waals surface area (Å²) < 4.78 is 1.10. The Hall–Kier alpha value is -0.320. The molecule has 0 radical (unpaired) electrons. The van der Waals surface area contributed by atoms with Gasteiger partial charge in [0.2, 0.25) is 0 Å². The summed E-state index contributed by atoms with van der Waals surface area (Å²) in [5.74, 6) is 0.878. The standard InChI is InChI=1S/C8H12N2S2/c1-6(3-9)4-11-8-10-7(2)5-12-8/h5H,1,3-4,9H2,2H3. The van der Waals surface area contributed by atoms with Gasteiger partial charge in [0.05, 0.1) is 0 Å². The van der Waals surface area contributed by atoms with Crippen LogP contribution in [-0.4, -0.2) is 17.3 Å². The Kier molecular flexibility index (Phi) is 3.78. The van der Waals surface area contributed by atoms with E-state index in [1.165, 1.54) is 0 Å². The SMILES string of the molecule is C=C(CN)CSc1nc(C)cs1. The number of thiazole rings is 1. The summed E-state index contributed by atoms with van der Waals surface area (Å²) in [7, 11) is 0. The third kappa shape index (κ3) is 2.97. The summed E-state index contributed by atoms with van der Waals surface area (Å²) in [6, 6.07) is 0. The number of nitrogens with two attached hydrogens (primary N) is 1. The second-order valence-corrected chi connectivity index (χ2v) is 4.58. The van der Waals surface area contributed by atoms with Gasteiger partial charge in [0.15, 0.2) is 0 Å². The van der Waals surface area contributed by atoms with Crippen molar-refractivity contribution in [3.05, 3.63) is 23.2 Å². The molecule has 4 heteroatoms. The van der Waals surface area contributed by atoms with Crippen LogP contribution in [0.1, 0.15) is 5.69 Å². The van der Waals surface area contributed by atoms with Crippen LogP contribution in [0.25, 0.3) is 0 Å². The molecule has 0 aliphatic rings. The minimum atomic E-state index is 0.567. The van der Waals surface area contributed by atoms with Gasteiger partial charge in [0.25, 0.3) is 0 Å². The van der Waals surface area contributed by atoms with Crippen molar-refractivity contribution in [2.45, 2.75) is 11.3 Å². The van der Waals surface area contributed by atoms with Crippen molar-refractivity contribution >= 4 is 23.1 Å². The topological polar surface area (TPSA) is 38.9 Å². The van der Waals surface area contributed by atoms with Crippen LogP contribution in [0.2, 0.25) is 0 Å². The van der Waals surface area contributed by atoms with Crippen LogP contribution in [0.15, 0.2) is 21.9 Å². The van der Waals surface area contributed by atoms with Crippen molar-refractivity contribution in [1.82, 2.24) is 4.98 Å². The zero-order valence-corrected chi connectivity index (χ0v) is 8.67. The first-order valence-electron chi connectivity index (χ1n) is 3.64. The van der Waals surface area contributed by atoms with E-state index in [4.69, 9.17) is 5.73 Å². The largest absolute Gasteiger partial charge is 0.327 e. The average molecular weight is 200 g/mol. The molecule has 0 aliphatic carbocycles. The predicted molar refractivity (Wildman–Crippen MR) is 55.8 cm³/mol. The van der Waals surface area contributed by atoms with Crippen LogP contribution in [0.4, 0.5) is 0 Å². The summed E-state index contributed by atoms with van der Waals surface area (Å²) in [5, 5.41) is 2.05. The zero-order chi connectivity index (χ0) is 8.97. The van der Waals surface area contributed by atoms with E-state index in [9.17, 15) is 0 Å². The molecule has 0 unspecified atom stereocenters. The van der Waals surface area contributed by atoms with Gasteiger partial charge in [-0.3, -0.25) is 0 Å². The molecule has 0 aliphatic heterocycles. The highest BCUT2D eigenvalue weighted by Crippen LogP contribution is 2.23. The molecule has 1 aromatic rings. The van der Waals surface area contributed by atoms with Gasteiger partial charge in [-0.25, -0.2) is 4.98 Å². The highest BCUT2D eigenvalue weighted by atomic mass is 32.2. The van der Waals surface area contributed by atoms with Gasteiger partial charge < -0.3 is 5.73 Å². The van der Waals surface area contributed by atoms with Crippen molar-refractivity contribution in [3.8, 4) is 0 Å². The summed E-state index contributed by atoms with van der Waals surface area (Å²) in [6.07, 6.45) is 0. The normalized spacial score (nSPS) is 10.2. The van der Waals surface area contributed by atoms with E-state index in [-0.39, 0.29) is 0 Å². The molecule has 0 aromatic carbocycles. The number of aromatic nitrogens is 1. The Balaban J connectivity index is 2.38. The number of nitrogens with zero attached hydrogens (tertiary/aromatic N) is 1. The molecule has 66 valence electrons. The minimum absolute atomic E-state index is 0.567. The third-order valence-electron chi connectivity index (χ3n) is 1.29. The van der Waals surface area contributed by atoms with Gasteiger partial charge in [0.1, 0.15) is 4.34 Å². The third-order valence-corrected chi connectivity index (χ3v) is 3.57. The van der Waals surface area contributed by atoms with Crippen molar-refractivity contribution in [3.63, 3.8) is 0 Å². The number of aryl methyl sites for hydroxylation is 1. The van der Waals surface area contributed by atoms with Crippen LogP contribution >= 0.6 is 23.1 Å². The van der Waals surface area contributed by atoms with Gasteiger partial charge in [-0.05, 0) is 6.92 Å². The lowest BCUT2D eigenvalue weighted by Gasteiger charge is -1.97. The van der Waals surface area contributed by atoms with Gasteiger partial charge in [-0.2, -0.15) is 0 Å². The molecule has 0 saturated carbocycles. The number of rotatable bonds is 4. The monoisotopic (exact) mass is 200 g/mol. The maximum absolute atomic E-state index is 5.41. The molecular weight excluding hydrogens is 188 g/mol. The lowest BCUT2D eigenvalue weighted by atomic mass is 10.4. The maximum Gasteiger partial charge on any atom is 0.150 e. The first-order chi connectivity index (χ1) is 5.72. The Morgan fingerprint density at radius 2 is 2.58 bits per heavy atom. The van der Waals surface area contributed by atoms with Crippen molar-refractivity contribution in [2.75, 3.05) is 12.3 Å². The van der Waals surface area contributed by atoms with E-state index in [0.717, 1.165) is 21.4 Å². The fourth-order valence-corrected chi connectivity index (χ4v) is 2.39. The molecule has 0 atom stereocenters.